The van der Waals surface area contributed by atoms with Crippen molar-refractivity contribution >= 4 is 9.84 Å². The van der Waals surface area contributed by atoms with Crippen molar-refractivity contribution in [2.45, 2.75) is 31.3 Å². The normalized spacial score (nSPS) is 31.9. The van der Waals surface area contributed by atoms with Crippen LogP contribution in [0.2, 0.25) is 0 Å². The third-order valence-corrected chi connectivity index (χ3v) is 6.07. The summed E-state index contributed by atoms with van der Waals surface area (Å²) in [5.74, 6) is 0.685. The molecule has 2 aliphatic rings. The molecule has 0 aromatic carbocycles. The first-order valence-electron chi connectivity index (χ1n) is 7.29. The van der Waals surface area contributed by atoms with Gasteiger partial charge in [0.2, 0.25) is 0 Å². The quantitative estimate of drug-likeness (QED) is 0.759. The highest BCUT2D eigenvalue weighted by Crippen LogP contribution is 2.14. The van der Waals surface area contributed by atoms with E-state index in [4.69, 9.17) is 0 Å². The first-order valence-corrected chi connectivity index (χ1v) is 9.11. The predicted molar refractivity (Wildman–Crippen MR) is 78.2 cm³/mol. The van der Waals surface area contributed by atoms with E-state index in [-0.39, 0.29) is 6.04 Å². The van der Waals surface area contributed by atoms with E-state index in [2.05, 4.69) is 29.2 Å². The van der Waals surface area contributed by atoms with Crippen molar-refractivity contribution in [3.05, 3.63) is 0 Å². The van der Waals surface area contributed by atoms with E-state index in [1.807, 2.05) is 0 Å². The number of nitrogens with zero attached hydrogens (tertiary/aromatic N) is 2. The molecule has 0 amide bonds. The second kappa shape index (κ2) is 6.52. The molecule has 2 atom stereocenters. The molecule has 2 saturated heterocycles. The van der Waals surface area contributed by atoms with Crippen molar-refractivity contribution in [1.82, 2.24) is 15.1 Å². The molecule has 2 fully saturated rings. The molecule has 0 aromatic rings. The van der Waals surface area contributed by atoms with Gasteiger partial charge in [-0.2, -0.15) is 0 Å². The van der Waals surface area contributed by atoms with Gasteiger partial charge < -0.3 is 15.1 Å². The Morgan fingerprint density at radius 3 is 2.74 bits per heavy atom. The zero-order valence-electron chi connectivity index (χ0n) is 12.1. The van der Waals surface area contributed by atoms with E-state index in [1.165, 1.54) is 19.4 Å². The van der Waals surface area contributed by atoms with Crippen LogP contribution in [0.25, 0.3) is 0 Å². The van der Waals surface area contributed by atoms with Gasteiger partial charge >= 0.3 is 0 Å². The van der Waals surface area contributed by atoms with E-state index in [0.717, 1.165) is 26.1 Å². The average Bonchev–Trinajstić information content (AvgIpc) is 2.69. The van der Waals surface area contributed by atoms with E-state index >= 15 is 0 Å². The van der Waals surface area contributed by atoms with Crippen LogP contribution in [-0.2, 0) is 9.84 Å². The van der Waals surface area contributed by atoms with E-state index in [0.29, 0.717) is 17.5 Å². The summed E-state index contributed by atoms with van der Waals surface area (Å²) < 4.78 is 22.7. The van der Waals surface area contributed by atoms with Gasteiger partial charge in [-0.15, -0.1) is 0 Å². The Bertz CT molecular complexity index is 383. The maximum absolute atomic E-state index is 11.4. The number of rotatable bonds is 5. The van der Waals surface area contributed by atoms with Crippen molar-refractivity contribution in [2.75, 3.05) is 51.8 Å². The first kappa shape index (κ1) is 15.2. The van der Waals surface area contributed by atoms with Crippen LogP contribution in [0.3, 0.4) is 0 Å². The number of nitrogens with one attached hydrogen (secondary N) is 1. The molecule has 112 valence electrons. The SMILES string of the molecule is CN(C)C1CCCN(CCNC2CCS(=O)(=O)C2)C1. The lowest BCUT2D eigenvalue weighted by Gasteiger charge is -2.36. The van der Waals surface area contributed by atoms with Crippen LogP contribution in [0, 0.1) is 0 Å². The molecule has 6 heteroatoms. The van der Waals surface area contributed by atoms with Crippen LogP contribution >= 0.6 is 0 Å². The van der Waals surface area contributed by atoms with Crippen LogP contribution in [0.1, 0.15) is 19.3 Å². The van der Waals surface area contributed by atoms with E-state index in [1.54, 1.807) is 0 Å². The van der Waals surface area contributed by atoms with Crippen LogP contribution < -0.4 is 5.32 Å². The van der Waals surface area contributed by atoms with Crippen LogP contribution in [0.4, 0.5) is 0 Å². The van der Waals surface area contributed by atoms with Gasteiger partial charge in [-0.3, -0.25) is 0 Å². The van der Waals surface area contributed by atoms with E-state index < -0.39 is 9.84 Å². The molecule has 1 N–H and O–H groups in total. The molecule has 0 aliphatic carbocycles. The number of piperidine rings is 1. The van der Waals surface area contributed by atoms with Crippen molar-refractivity contribution in [3.63, 3.8) is 0 Å². The van der Waals surface area contributed by atoms with E-state index in [9.17, 15) is 8.42 Å². The molecule has 2 heterocycles. The number of likely N-dealkylation sites (N-methyl/N-ethyl adjacent to an activating group) is 1. The highest BCUT2D eigenvalue weighted by molar-refractivity contribution is 7.91. The number of likely N-dealkylation sites (tertiary alicyclic amines) is 1. The Hall–Kier alpha value is -0.170. The molecule has 2 aliphatic heterocycles. The Labute approximate surface area is 117 Å². The molecular weight excluding hydrogens is 262 g/mol. The first-order chi connectivity index (χ1) is 8.96. The van der Waals surface area contributed by atoms with Crippen molar-refractivity contribution in [1.29, 1.82) is 0 Å². The lowest BCUT2D eigenvalue weighted by molar-refractivity contribution is 0.133. The molecule has 2 rings (SSSR count). The third-order valence-electron chi connectivity index (χ3n) is 4.30. The fourth-order valence-corrected chi connectivity index (χ4v) is 4.75. The minimum Gasteiger partial charge on any atom is -0.312 e. The Balaban J connectivity index is 1.66. The summed E-state index contributed by atoms with van der Waals surface area (Å²) in [5, 5.41) is 3.39. The summed E-state index contributed by atoms with van der Waals surface area (Å²) in [5.41, 5.74) is 0. The second-order valence-electron chi connectivity index (χ2n) is 6.11. The van der Waals surface area contributed by atoms with Crippen molar-refractivity contribution in [3.8, 4) is 0 Å². The number of sulfone groups is 1. The van der Waals surface area contributed by atoms with Gasteiger partial charge in [0, 0.05) is 31.7 Å². The molecule has 5 nitrogen and oxygen atoms in total. The summed E-state index contributed by atoms with van der Waals surface area (Å²) >= 11 is 0. The van der Waals surface area contributed by atoms with Gasteiger partial charge in [-0.1, -0.05) is 0 Å². The summed E-state index contributed by atoms with van der Waals surface area (Å²) in [6.45, 7) is 4.24. The van der Waals surface area contributed by atoms with Gasteiger partial charge in [-0.25, -0.2) is 8.42 Å². The lowest BCUT2D eigenvalue weighted by Crippen LogP contribution is -2.47. The van der Waals surface area contributed by atoms with Crippen LogP contribution in [0.15, 0.2) is 0 Å². The fraction of sp³-hybridized carbons (Fsp3) is 1.00. The minimum atomic E-state index is -2.75. The molecule has 19 heavy (non-hydrogen) atoms. The van der Waals surface area contributed by atoms with Crippen LogP contribution in [-0.4, -0.2) is 82.1 Å². The maximum atomic E-state index is 11.4. The van der Waals surface area contributed by atoms with Crippen molar-refractivity contribution < 1.29 is 8.42 Å². The van der Waals surface area contributed by atoms with Gasteiger partial charge in [0.1, 0.15) is 0 Å². The van der Waals surface area contributed by atoms with Crippen LogP contribution in [0.5, 0.6) is 0 Å². The zero-order chi connectivity index (χ0) is 13.9. The summed E-state index contributed by atoms with van der Waals surface area (Å²) in [4.78, 5) is 4.80. The standard InChI is InChI=1S/C13H27N3O2S/c1-15(2)13-4-3-7-16(10-13)8-6-14-12-5-9-19(17,18)11-12/h12-14H,3-11H2,1-2H3. The molecule has 2 unspecified atom stereocenters. The summed E-state index contributed by atoms with van der Waals surface area (Å²) in [7, 11) is 1.54. The predicted octanol–water partition coefficient (Wildman–Crippen LogP) is -0.211. The Morgan fingerprint density at radius 1 is 1.32 bits per heavy atom. The molecule has 0 saturated carbocycles. The Kier molecular flexibility index (Phi) is 5.22. The molecule has 0 spiro atoms. The largest absolute Gasteiger partial charge is 0.312 e. The summed E-state index contributed by atoms with van der Waals surface area (Å²) in [6, 6.07) is 0.847. The monoisotopic (exact) mass is 289 g/mol. The van der Waals surface area contributed by atoms with Crippen molar-refractivity contribution in [2.24, 2.45) is 0 Å². The van der Waals surface area contributed by atoms with Gasteiger partial charge in [0.15, 0.2) is 9.84 Å². The topological polar surface area (TPSA) is 52.6 Å². The molecule has 0 bridgehead atoms. The third kappa shape index (κ3) is 4.70. The second-order valence-corrected chi connectivity index (χ2v) is 8.34. The maximum Gasteiger partial charge on any atom is 0.151 e. The molecular formula is C13H27N3O2S. The van der Waals surface area contributed by atoms with Gasteiger partial charge in [0.05, 0.1) is 11.5 Å². The number of hydrogen-bond acceptors (Lipinski definition) is 5. The smallest absolute Gasteiger partial charge is 0.151 e. The Morgan fingerprint density at radius 2 is 2.11 bits per heavy atom. The number of hydrogen-bond donors (Lipinski definition) is 1. The fourth-order valence-electron chi connectivity index (χ4n) is 3.04. The zero-order valence-corrected chi connectivity index (χ0v) is 13.0. The highest BCUT2D eigenvalue weighted by atomic mass is 32.2. The van der Waals surface area contributed by atoms with Gasteiger partial charge in [0.25, 0.3) is 0 Å². The highest BCUT2D eigenvalue weighted by Gasteiger charge is 2.27. The van der Waals surface area contributed by atoms with Gasteiger partial charge in [-0.05, 0) is 39.9 Å². The molecule has 0 aromatic heterocycles. The lowest BCUT2D eigenvalue weighted by atomic mass is 10.1. The average molecular weight is 289 g/mol. The minimum absolute atomic E-state index is 0.180. The molecule has 0 radical (unpaired) electrons. The summed E-state index contributed by atoms with van der Waals surface area (Å²) in [6.07, 6.45) is 3.33.